The zero-order chi connectivity index (χ0) is 44.5. The summed E-state index contributed by atoms with van der Waals surface area (Å²) in [6.45, 7) is 5.62. The number of ether oxygens (including phenoxy) is 6. The van der Waals surface area contributed by atoms with E-state index in [1.807, 2.05) is 81.4 Å². The summed E-state index contributed by atoms with van der Waals surface area (Å²) < 4.78 is 33.3. The van der Waals surface area contributed by atoms with E-state index in [1.54, 1.807) is 99.1 Å². The monoisotopic (exact) mass is 840 g/mol. The van der Waals surface area contributed by atoms with Crippen molar-refractivity contribution in [3.05, 3.63) is 180 Å². The van der Waals surface area contributed by atoms with Crippen LogP contribution in [-0.2, 0) is 4.79 Å². The molecule has 0 fully saturated rings. The molecule has 0 bridgehead atoms. The molecule has 0 radical (unpaired) electrons. The molecule has 0 spiro atoms. The predicted octanol–water partition coefficient (Wildman–Crippen LogP) is 11.7. The molecule has 0 amide bonds. The van der Waals surface area contributed by atoms with Gasteiger partial charge in [-0.3, -0.25) is 4.79 Å². The zero-order valence-electron chi connectivity index (χ0n) is 35.4. The minimum Gasteiger partial charge on any atom is -0.497 e. The Balaban J connectivity index is 1.08. The van der Waals surface area contributed by atoms with Crippen LogP contribution in [0, 0.1) is 5.41 Å². The van der Waals surface area contributed by atoms with Crippen LogP contribution in [0.15, 0.2) is 164 Å². The number of carbonyl (C=O) groups excluding carboxylic acids is 4. The Bertz CT molecular complexity index is 2600. The molecule has 316 valence electrons. The van der Waals surface area contributed by atoms with E-state index in [1.165, 1.54) is 18.2 Å². The van der Waals surface area contributed by atoms with Gasteiger partial charge in [-0.15, -0.1) is 0 Å². The fraction of sp³-hybridized carbons (Fsp3) is 0.132. The van der Waals surface area contributed by atoms with Gasteiger partial charge in [-0.2, -0.15) is 0 Å². The van der Waals surface area contributed by atoms with Crippen molar-refractivity contribution in [3.63, 3.8) is 0 Å². The first-order chi connectivity index (χ1) is 30.4. The first-order valence-corrected chi connectivity index (χ1v) is 20.1. The molecule has 0 saturated carbocycles. The second-order valence-corrected chi connectivity index (χ2v) is 15.1. The van der Waals surface area contributed by atoms with Crippen LogP contribution in [0.1, 0.15) is 58.3 Å². The lowest BCUT2D eigenvalue weighted by molar-refractivity contribution is -0.144. The van der Waals surface area contributed by atoms with Gasteiger partial charge in [0.25, 0.3) is 0 Å². The lowest BCUT2D eigenvalue weighted by atomic mass is 9.91. The second-order valence-electron chi connectivity index (χ2n) is 15.1. The fourth-order valence-electron chi connectivity index (χ4n) is 6.29. The Morgan fingerprint density at radius 3 is 0.873 bits per heavy atom. The highest BCUT2D eigenvalue weighted by Crippen LogP contribution is 2.32. The third kappa shape index (κ3) is 10.7. The summed E-state index contributed by atoms with van der Waals surface area (Å²) in [4.78, 5) is 52.9. The summed E-state index contributed by atoms with van der Waals surface area (Å²) in [6.07, 6.45) is 0.649. The quantitative estimate of drug-likeness (QED) is 0.0772. The molecule has 0 aliphatic rings. The minimum atomic E-state index is -0.702. The highest BCUT2D eigenvalue weighted by atomic mass is 16.6. The number of rotatable bonds is 14. The van der Waals surface area contributed by atoms with Crippen molar-refractivity contribution in [2.45, 2.75) is 27.2 Å². The van der Waals surface area contributed by atoms with E-state index in [9.17, 15) is 19.2 Å². The van der Waals surface area contributed by atoms with Crippen molar-refractivity contribution in [3.8, 4) is 67.9 Å². The molecule has 10 nitrogen and oxygen atoms in total. The van der Waals surface area contributed by atoms with Crippen LogP contribution in [0.4, 0.5) is 0 Å². The normalized spacial score (nSPS) is 10.9. The molecule has 0 aliphatic carbocycles. The van der Waals surface area contributed by atoms with Crippen molar-refractivity contribution in [1.82, 2.24) is 0 Å². The molecule has 0 aliphatic heterocycles. The van der Waals surface area contributed by atoms with Crippen molar-refractivity contribution in [1.29, 1.82) is 0 Å². The van der Waals surface area contributed by atoms with E-state index in [2.05, 4.69) is 0 Å². The van der Waals surface area contributed by atoms with Crippen molar-refractivity contribution < 1.29 is 47.6 Å². The number of carbonyl (C=O) groups is 4. The minimum absolute atomic E-state index is 0.0232. The van der Waals surface area contributed by atoms with E-state index in [4.69, 9.17) is 28.4 Å². The van der Waals surface area contributed by atoms with Crippen LogP contribution >= 0.6 is 0 Å². The first-order valence-electron chi connectivity index (χ1n) is 20.1. The highest BCUT2D eigenvalue weighted by Gasteiger charge is 2.27. The van der Waals surface area contributed by atoms with Crippen molar-refractivity contribution >= 4 is 23.9 Å². The highest BCUT2D eigenvalue weighted by molar-refractivity contribution is 5.94. The third-order valence-corrected chi connectivity index (χ3v) is 10.5. The smallest absolute Gasteiger partial charge is 0.343 e. The molecule has 0 aromatic heterocycles. The Hall–Kier alpha value is -7.98. The van der Waals surface area contributed by atoms with E-state index in [0.717, 1.165) is 44.9 Å². The lowest BCUT2D eigenvalue weighted by Crippen LogP contribution is -2.28. The van der Waals surface area contributed by atoms with Crippen molar-refractivity contribution in [2.24, 2.45) is 5.41 Å². The summed E-state index contributed by atoms with van der Waals surface area (Å²) in [5.74, 6) is -0.549. The summed E-state index contributed by atoms with van der Waals surface area (Å²) in [5.41, 5.74) is 5.47. The molecular weight excluding hydrogens is 797 g/mol. The number of hydrogen-bond acceptors (Lipinski definition) is 10. The number of methoxy groups -OCH3 is 2. The van der Waals surface area contributed by atoms with E-state index in [-0.39, 0.29) is 39.9 Å². The molecule has 0 saturated heterocycles. The molecule has 0 heterocycles. The van der Waals surface area contributed by atoms with Gasteiger partial charge in [0.05, 0.1) is 36.3 Å². The molecule has 7 aromatic carbocycles. The SMILES string of the molecule is CCC(C)(C)C(=O)Oc1ccc(-c2ccc(C(=O)Oc3cc(OC(=O)c4ccc(-c5ccc(OC)cc5)cc4)cc(OC(=O)c4ccc(-c5ccc(OC)cc5)cc4)c3)cc2)cc1. The molecule has 10 heteroatoms. The third-order valence-electron chi connectivity index (χ3n) is 10.5. The molecule has 63 heavy (non-hydrogen) atoms. The van der Waals surface area contributed by atoms with Crippen LogP contribution in [-0.4, -0.2) is 38.1 Å². The zero-order valence-corrected chi connectivity index (χ0v) is 35.4. The Morgan fingerprint density at radius 1 is 0.365 bits per heavy atom. The summed E-state index contributed by atoms with van der Waals surface area (Å²) in [7, 11) is 3.20. The van der Waals surface area contributed by atoms with E-state index in [0.29, 0.717) is 12.2 Å². The van der Waals surface area contributed by atoms with Gasteiger partial charge in [0.2, 0.25) is 0 Å². The van der Waals surface area contributed by atoms with Gasteiger partial charge >= 0.3 is 23.9 Å². The van der Waals surface area contributed by atoms with E-state index < -0.39 is 23.3 Å². The summed E-state index contributed by atoms with van der Waals surface area (Å²) >= 11 is 0. The van der Waals surface area contributed by atoms with Crippen LogP contribution in [0.2, 0.25) is 0 Å². The lowest BCUT2D eigenvalue weighted by Gasteiger charge is -2.20. The topological polar surface area (TPSA) is 124 Å². The average Bonchev–Trinajstić information content (AvgIpc) is 3.32. The van der Waals surface area contributed by atoms with Gasteiger partial charge in [-0.25, -0.2) is 14.4 Å². The fourth-order valence-corrected chi connectivity index (χ4v) is 6.29. The van der Waals surface area contributed by atoms with Gasteiger partial charge in [-0.1, -0.05) is 79.7 Å². The number of benzene rings is 7. The van der Waals surface area contributed by atoms with Gasteiger partial charge in [0, 0.05) is 18.2 Å². The van der Waals surface area contributed by atoms with Crippen LogP contribution in [0.5, 0.6) is 34.5 Å². The van der Waals surface area contributed by atoms with Gasteiger partial charge in [0.15, 0.2) is 0 Å². The van der Waals surface area contributed by atoms with Gasteiger partial charge in [-0.05, 0) is 126 Å². The summed E-state index contributed by atoms with van der Waals surface area (Å²) in [5, 5.41) is 0. The van der Waals surface area contributed by atoms with Crippen LogP contribution in [0.3, 0.4) is 0 Å². The number of esters is 4. The largest absolute Gasteiger partial charge is 0.497 e. The maximum Gasteiger partial charge on any atom is 0.343 e. The first kappa shape index (κ1) is 43.1. The van der Waals surface area contributed by atoms with Crippen LogP contribution < -0.4 is 28.4 Å². The van der Waals surface area contributed by atoms with Gasteiger partial charge in [0.1, 0.15) is 34.5 Å². The summed E-state index contributed by atoms with van der Waals surface area (Å²) in [6, 6.07) is 46.8. The second kappa shape index (κ2) is 19.2. The van der Waals surface area contributed by atoms with Crippen molar-refractivity contribution in [2.75, 3.05) is 14.2 Å². The molecule has 0 unspecified atom stereocenters. The Morgan fingerprint density at radius 2 is 0.619 bits per heavy atom. The Labute approximate surface area is 365 Å². The molecule has 7 aromatic rings. The molecule has 0 N–H and O–H groups in total. The molecular formula is C53H44O10. The standard InChI is InChI=1S/C53H44O10/c1-6-53(2,3)52(57)63-45-29-23-39(24-30-45)36-11-17-42(18-12-36)51(56)62-48-32-46(60-49(54)40-13-7-34(8-14-40)37-19-25-43(58-4)26-20-37)31-47(33-48)61-50(55)41-15-9-35(10-16-41)38-21-27-44(59-5)28-22-38/h7-33H,6H2,1-5H3. The van der Waals surface area contributed by atoms with Gasteiger partial charge < -0.3 is 28.4 Å². The van der Waals surface area contributed by atoms with Crippen LogP contribution in [0.25, 0.3) is 33.4 Å². The maximum absolute atomic E-state index is 13.5. The average molecular weight is 841 g/mol. The molecule has 7 rings (SSSR count). The Kier molecular flexibility index (Phi) is 13.1. The number of hydrogen-bond donors (Lipinski definition) is 0. The molecule has 0 atom stereocenters. The predicted molar refractivity (Wildman–Crippen MR) is 240 cm³/mol. The van der Waals surface area contributed by atoms with E-state index >= 15 is 0 Å². The maximum atomic E-state index is 13.5.